The molecule has 1 aliphatic rings. The molecule has 1 aromatic heterocycles. The first-order valence-electron chi connectivity index (χ1n) is 8.39. The van der Waals surface area contributed by atoms with Gasteiger partial charge in [-0.15, -0.1) is 21.6 Å². The lowest BCUT2D eigenvalue weighted by Gasteiger charge is -2.09. The minimum atomic E-state index is -0.789. The quantitative estimate of drug-likeness (QED) is 0.324. The maximum atomic E-state index is 12.2. The predicted octanol–water partition coefficient (Wildman–Crippen LogP) is 5.13. The van der Waals surface area contributed by atoms with E-state index in [1.807, 2.05) is 0 Å². The third-order valence-corrected chi connectivity index (χ3v) is 5.01. The van der Waals surface area contributed by atoms with Crippen molar-refractivity contribution in [1.82, 2.24) is 0 Å². The van der Waals surface area contributed by atoms with Crippen LogP contribution >= 0.6 is 11.3 Å². The summed E-state index contributed by atoms with van der Waals surface area (Å²) in [5, 5.41) is 29.3. The van der Waals surface area contributed by atoms with Gasteiger partial charge in [0.25, 0.3) is 0 Å². The number of benzene rings is 1. The Labute approximate surface area is 164 Å². The standard InChI is InChI=1S/C19H17N3O5S/c1-11-9-13(10-12(2)18(11)23)20-21-17-8-7-16(28-17)19(24)27-15-5-3-14(4-6-15)22(25)26/h3,5-10,14,23H,4H2,1-2H3. The number of allylic oxidation sites excluding steroid dienone is 1. The number of carbonyl (C=O) groups is 1. The van der Waals surface area contributed by atoms with E-state index in [0.29, 0.717) is 26.7 Å². The van der Waals surface area contributed by atoms with Gasteiger partial charge in [-0.05, 0) is 67.5 Å². The summed E-state index contributed by atoms with van der Waals surface area (Å²) in [5.74, 6) is -0.0383. The van der Waals surface area contributed by atoms with Gasteiger partial charge in [0.1, 0.15) is 21.4 Å². The van der Waals surface area contributed by atoms with Crippen molar-refractivity contribution in [3.8, 4) is 5.75 Å². The van der Waals surface area contributed by atoms with E-state index in [2.05, 4.69) is 10.2 Å². The van der Waals surface area contributed by atoms with Crippen LogP contribution in [0, 0.1) is 24.0 Å². The minimum absolute atomic E-state index is 0.182. The van der Waals surface area contributed by atoms with Crippen molar-refractivity contribution in [2.45, 2.75) is 26.3 Å². The summed E-state index contributed by atoms with van der Waals surface area (Å²) in [6, 6.07) is 5.88. The fourth-order valence-electron chi connectivity index (χ4n) is 2.57. The first kappa shape index (κ1) is 19.4. The predicted molar refractivity (Wildman–Crippen MR) is 104 cm³/mol. The van der Waals surface area contributed by atoms with Gasteiger partial charge in [-0.3, -0.25) is 10.1 Å². The molecule has 0 saturated carbocycles. The first-order valence-corrected chi connectivity index (χ1v) is 9.21. The molecule has 1 aromatic carbocycles. The molecule has 1 aliphatic carbocycles. The molecule has 0 aliphatic heterocycles. The molecule has 0 bridgehead atoms. The molecule has 1 atom stereocenters. The van der Waals surface area contributed by atoms with Gasteiger partial charge in [0.15, 0.2) is 0 Å². The van der Waals surface area contributed by atoms with Gasteiger partial charge < -0.3 is 9.84 Å². The molecule has 1 heterocycles. The topological polar surface area (TPSA) is 114 Å². The molecule has 28 heavy (non-hydrogen) atoms. The molecule has 1 N–H and O–H groups in total. The summed E-state index contributed by atoms with van der Waals surface area (Å²) >= 11 is 1.12. The maximum absolute atomic E-state index is 12.2. The Morgan fingerprint density at radius 1 is 1.29 bits per heavy atom. The highest BCUT2D eigenvalue weighted by atomic mass is 32.1. The van der Waals surface area contributed by atoms with Crippen LogP contribution in [0.4, 0.5) is 10.7 Å². The second-order valence-electron chi connectivity index (χ2n) is 6.21. The number of nitrogens with zero attached hydrogens (tertiary/aromatic N) is 3. The minimum Gasteiger partial charge on any atom is -0.507 e. The Morgan fingerprint density at radius 2 is 2.00 bits per heavy atom. The lowest BCUT2D eigenvalue weighted by atomic mass is 10.1. The zero-order chi connectivity index (χ0) is 20.3. The fourth-order valence-corrected chi connectivity index (χ4v) is 3.27. The van der Waals surface area contributed by atoms with E-state index in [9.17, 15) is 20.0 Å². The number of thiophene rings is 1. The van der Waals surface area contributed by atoms with Gasteiger partial charge in [-0.25, -0.2) is 4.79 Å². The van der Waals surface area contributed by atoms with Crippen molar-refractivity contribution < 1.29 is 19.6 Å². The summed E-state index contributed by atoms with van der Waals surface area (Å²) in [5.41, 5.74) is 2.01. The Morgan fingerprint density at radius 3 is 2.61 bits per heavy atom. The molecule has 0 spiro atoms. The number of aryl methyl sites for hydroxylation is 2. The van der Waals surface area contributed by atoms with E-state index in [-0.39, 0.29) is 22.9 Å². The zero-order valence-corrected chi connectivity index (χ0v) is 16.0. The molecule has 1 unspecified atom stereocenters. The molecule has 2 aromatic rings. The number of esters is 1. The Balaban J connectivity index is 1.65. The monoisotopic (exact) mass is 399 g/mol. The van der Waals surface area contributed by atoms with Crippen LogP contribution in [0.1, 0.15) is 27.2 Å². The molecule has 0 fully saturated rings. The fraction of sp³-hybridized carbons (Fsp3) is 0.211. The molecule has 0 radical (unpaired) electrons. The zero-order valence-electron chi connectivity index (χ0n) is 15.2. The molecule has 0 amide bonds. The number of nitro groups is 1. The van der Waals surface area contributed by atoms with E-state index in [0.717, 1.165) is 11.3 Å². The van der Waals surface area contributed by atoms with Crippen molar-refractivity contribution in [1.29, 1.82) is 0 Å². The number of carbonyl (C=O) groups excluding carboxylic acids is 1. The number of hydrogen-bond donors (Lipinski definition) is 1. The summed E-state index contributed by atoms with van der Waals surface area (Å²) in [7, 11) is 0. The number of aromatic hydroxyl groups is 1. The van der Waals surface area contributed by atoms with E-state index >= 15 is 0 Å². The van der Waals surface area contributed by atoms with Crippen LogP contribution in [-0.4, -0.2) is 22.0 Å². The average Bonchev–Trinajstić information content (AvgIpc) is 3.14. The molecular formula is C19H17N3O5S. The van der Waals surface area contributed by atoms with E-state index in [4.69, 9.17) is 4.74 Å². The van der Waals surface area contributed by atoms with Crippen LogP contribution in [0.15, 0.2) is 58.5 Å². The number of phenolic OH excluding ortho intramolecular Hbond substituents is 1. The second kappa shape index (κ2) is 8.13. The smallest absolute Gasteiger partial charge is 0.353 e. The van der Waals surface area contributed by atoms with E-state index in [1.54, 1.807) is 38.1 Å². The van der Waals surface area contributed by atoms with Crippen LogP contribution in [0.3, 0.4) is 0 Å². The van der Waals surface area contributed by atoms with Crippen molar-refractivity contribution in [3.63, 3.8) is 0 Å². The van der Waals surface area contributed by atoms with Crippen molar-refractivity contribution >= 4 is 28.0 Å². The normalized spacial score (nSPS) is 16.2. The summed E-state index contributed by atoms with van der Waals surface area (Å²) in [6.07, 6.45) is 4.54. The van der Waals surface area contributed by atoms with Gasteiger partial charge in [0.05, 0.1) is 5.69 Å². The van der Waals surface area contributed by atoms with Crippen LogP contribution in [0.5, 0.6) is 5.75 Å². The van der Waals surface area contributed by atoms with Crippen LogP contribution < -0.4 is 0 Å². The molecule has 144 valence electrons. The van der Waals surface area contributed by atoms with Crippen LogP contribution in [0.2, 0.25) is 0 Å². The first-order chi connectivity index (χ1) is 13.3. The van der Waals surface area contributed by atoms with Crippen molar-refractivity contribution in [2.75, 3.05) is 0 Å². The lowest BCUT2D eigenvalue weighted by Crippen LogP contribution is -2.18. The lowest BCUT2D eigenvalue weighted by molar-refractivity contribution is -0.508. The number of azo groups is 1. The largest absolute Gasteiger partial charge is 0.507 e. The molecule has 8 nitrogen and oxygen atoms in total. The molecular weight excluding hydrogens is 382 g/mol. The van der Waals surface area contributed by atoms with Crippen LogP contribution in [-0.2, 0) is 4.74 Å². The molecule has 3 rings (SSSR count). The van der Waals surface area contributed by atoms with Gasteiger partial charge in [-0.1, -0.05) is 0 Å². The second-order valence-corrected chi connectivity index (χ2v) is 7.27. The third-order valence-electron chi connectivity index (χ3n) is 4.06. The number of phenols is 1. The Bertz CT molecular complexity index is 999. The average molecular weight is 399 g/mol. The van der Waals surface area contributed by atoms with Gasteiger partial charge in [0.2, 0.25) is 6.04 Å². The number of rotatable bonds is 5. The van der Waals surface area contributed by atoms with Gasteiger partial charge >= 0.3 is 5.97 Å². The van der Waals surface area contributed by atoms with E-state index < -0.39 is 12.0 Å². The SMILES string of the molecule is Cc1cc(N=Nc2ccc(C(=O)OC3=CCC([N+](=O)[O-])C=C3)s2)cc(C)c1O. The number of ether oxygens (including phenoxy) is 1. The van der Waals surface area contributed by atoms with E-state index in [1.165, 1.54) is 18.2 Å². The van der Waals surface area contributed by atoms with Crippen molar-refractivity contribution in [3.05, 3.63) is 74.4 Å². The highest BCUT2D eigenvalue weighted by molar-refractivity contribution is 7.17. The van der Waals surface area contributed by atoms with Gasteiger partial charge in [-0.2, -0.15) is 0 Å². The summed E-state index contributed by atoms with van der Waals surface area (Å²) < 4.78 is 5.25. The molecule has 9 heteroatoms. The molecule has 0 saturated heterocycles. The summed E-state index contributed by atoms with van der Waals surface area (Å²) in [6.45, 7) is 3.56. The third kappa shape index (κ3) is 4.49. The maximum Gasteiger partial charge on any atom is 0.353 e. The highest BCUT2D eigenvalue weighted by Crippen LogP contribution is 2.31. The Kier molecular flexibility index (Phi) is 5.65. The Hall–Kier alpha value is -3.33. The van der Waals surface area contributed by atoms with Crippen molar-refractivity contribution in [2.24, 2.45) is 10.2 Å². The summed E-state index contributed by atoms with van der Waals surface area (Å²) in [4.78, 5) is 22.9. The number of hydrogen-bond acceptors (Lipinski definition) is 8. The van der Waals surface area contributed by atoms with Crippen LogP contribution in [0.25, 0.3) is 0 Å². The van der Waals surface area contributed by atoms with Gasteiger partial charge in [0, 0.05) is 11.3 Å². The highest BCUT2D eigenvalue weighted by Gasteiger charge is 2.20.